The van der Waals surface area contributed by atoms with Gasteiger partial charge in [-0.3, -0.25) is 4.57 Å². The predicted molar refractivity (Wildman–Crippen MR) is 234 cm³/mol. The van der Waals surface area contributed by atoms with Crippen LogP contribution in [0.5, 0.6) is 0 Å². The number of hydrogen-bond donors (Lipinski definition) is 0. The van der Waals surface area contributed by atoms with E-state index in [9.17, 15) is 0 Å². The highest BCUT2D eigenvalue weighted by molar-refractivity contribution is 6.13. The summed E-state index contributed by atoms with van der Waals surface area (Å²) in [6.45, 7) is 4.66. The Morgan fingerprint density at radius 1 is 0.421 bits per heavy atom. The predicted octanol–water partition coefficient (Wildman–Crippen LogP) is 13.1. The molecule has 0 saturated heterocycles. The molecule has 2 heterocycles. The Morgan fingerprint density at radius 3 is 1.75 bits per heavy atom. The van der Waals surface area contributed by atoms with Crippen molar-refractivity contribution in [3.05, 3.63) is 221 Å². The lowest BCUT2D eigenvalue weighted by Crippen LogP contribution is -2.28. The Kier molecular flexibility index (Phi) is 6.61. The Labute approximate surface area is 331 Å². The molecule has 0 aliphatic heterocycles. The zero-order valence-electron chi connectivity index (χ0n) is 31.7. The first kappa shape index (κ1) is 32.2. The van der Waals surface area contributed by atoms with E-state index in [0.29, 0.717) is 5.95 Å². The van der Waals surface area contributed by atoms with Gasteiger partial charge in [-0.25, -0.2) is 9.97 Å². The van der Waals surface area contributed by atoms with E-state index in [2.05, 4.69) is 206 Å². The van der Waals surface area contributed by atoms with Gasteiger partial charge in [-0.05, 0) is 74.0 Å². The highest BCUT2D eigenvalue weighted by Crippen LogP contribution is 2.58. The van der Waals surface area contributed by atoms with Crippen LogP contribution in [-0.2, 0) is 10.8 Å². The largest absolute Gasteiger partial charge is 0.278 e. The third-order valence-corrected chi connectivity index (χ3v) is 12.8. The number of nitrogens with zero attached hydrogens (tertiary/aromatic N) is 3. The molecule has 0 spiro atoms. The minimum Gasteiger partial charge on any atom is -0.278 e. The van der Waals surface area contributed by atoms with Crippen LogP contribution in [0, 0.1) is 0 Å². The van der Waals surface area contributed by atoms with Gasteiger partial charge in [-0.1, -0.05) is 178 Å². The molecule has 0 bridgehead atoms. The molecule has 2 aliphatic carbocycles. The van der Waals surface area contributed by atoms with Crippen molar-refractivity contribution in [2.75, 3.05) is 0 Å². The zero-order valence-corrected chi connectivity index (χ0v) is 31.7. The van der Waals surface area contributed by atoms with Crippen LogP contribution in [0.3, 0.4) is 0 Å². The number of rotatable bonds is 4. The maximum absolute atomic E-state index is 5.70. The normalized spacial score (nSPS) is 14.4. The number of fused-ring (bicyclic) bond motifs is 10. The van der Waals surface area contributed by atoms with Gasteiger partial charge in [0.25, 0.3) is 0 Å². The van der Waals surface area contributed by atoms with Gasteiger partial charge < -0.3 is 0 Å². The molecule has 0 radical (unpaired) electrons. The molecule has 12 rings (SSSR count). The highest BCUT2D eigenvalue weighted by Gasteiger charge is 2.46. The summed E-state index contributed by atoms with van der Waals surface area (Å²) in [6, 6.07) is 68.8. The molecule has 0 atom stereocenters. The molecule has 3 heteroatoms. The van der Waals surface area contributed by atoms with E-state index in [0.717, 1.165) is 28.0 Å². The fraction of sp³-hybridized carbons (Fsp3) is 0.0741. The molecule has 0 N–H and O–H groups in total. The van der Waals surface area contributed by atoms with Gasteiger partial charge >= 0.3 is 0 Å². The van der Waals surface area contributed by atoms with Crippen LogP contribution in [0.15, 0.2) is 188 Å². The first-order valence-electron chi connectivity index (χ1n) is 19.8. The molecular formula is C54H37N3. The number of hydrogen-bond acceptors (Lipinski definition) is 2. The van der Waals surface area contributed by atoms with Crippen LogP contribution in [-0.4, -0.2) is 14.5 Å². The molecule has 0 unspecified atom stereocenters. The summed E-state index contributed by atoms with van der Waals surface area (Å²) in [7, 11) is 0. The molecule has 2 aliphatic rings. The summed E-state index contributed by atoms with van der Waals surface area (Å²) in [6.07, 6.45) is 0. The van der Waals surface area contributed by atoms with Gasteiger partial charge in [-0.15, -0.1) is 0 Å². The maximum Gasteiger partial charge on any atom is 0.235 e. The fourth-order valence-electron chi connectivity index (χ4n) is 10.4. The van der Waals surface area contributed by atoms with Gasteiger partial charge in [0.15, 0.2) is 0 Å². The summed E-state index contributed by atoms with van der Waals surface area (Å²) >= 11 is 0. The van der Waals surface area contributed by atoms with E-state index in [1.54, 1.807) is 0 Å². The van der Waals surface area contributed by atoms with E-state index >= 15 is 0 Å². The molecule has 0 amide bonds. The third-order valence-electron chi connectivity index (χ3n) is 12.8. The monoisotopic (exact) mass is 727 g/mol. The number of benzene rings is 8. The molecular weight excluding hydrogens is 691 g/mol. The van der Waals surface area contributed by atoms with Gasteiger partial charge in [0.05, 0.1) is 27.8 Å². The van der Waals surface area contributed by atoms with Crippen LogP contribution in [0.1, 0.15) is 47.2 Å². The maximum atomic E-state index is 5.70. The van der Waals surface area contributed by atoms with Gasteiger partial charge in [0, 0.05) is 32.9 Å². The number of para-hydroxylation sites is 1. The summed E-state index contributed by atoms with van der Waals surface area (Å²) in [5.74, 6) is 0.682. The lowest BCUT2D eigenvalue weighted by molar-refractivity contribution is 0.657. The summed E-state index contributed by atoms with van der Waals surface area (Å²) in [4.78, 5) is 11.3. The summed E-state index contributed by atoms with van der Waals surface area (Å²) in [5, 5.41) is 4.80. The second-order valence-electron chi connectivity index (χ2n) is 16.1. The van der Waals surface area contributed by atoms with Gasteiger partial charge in [0.1, 0.15) is 0 Å². The van der Waals surface area contributed by atoms with Crippen molar-refractivity contribution in [1.29, 1.82) is 0 Å². The Balaban J connectivity index is 1.17. The molecule has 8 aromatic carbocycles. The summed E-state index contributed by atoms with van der Waals surface area (Å²) in [5.41, 5.74) is 15.7. The lowest BCUT2D eigenvalue weighted by Gasteiger charge is -2.34. The quantitative estimate of drug-likeness (QED) is 0.181. The van der Waals surface area contributed by atoms with Crippen LogP contribution in [0.2, 0.25) is 0 Å². The third kappa shape index (κ3) is 4.31. The first-order chi connectivity index (χ1) is 28.0. The van der Waals surface area contributed by atoms with E-state index < -0.39 is 5.41 Å². The molecule has 57 heavy (non-hydrogen) atoms. The molecule has 3 nitrogen and oxygen atoms in total. The lowest BCUT2D eigenvalue weighted by atomic mass is 9.67. The van der Waals surface area contributed by atoms with E-state index in [1.807, 2.05) is 0 Å². The van der Waals surface area contributed by atoms with Crippen LogP contribution < -0.4 is 0 Å². The topological polar surface area (TPSA) is 30.7 Å². The Hall–Kier alpha value is -7.10. The highest BCUT2D eigenvalue weighted by atomic mass is 15.2. The molecule has 0 fully saturated rings. The molecule has 0 saturated carbocycles. The molecule has 2 aromatic heterocycles. The van der Waals surface area contributed by atoms with Crippen LogP contribution >= 0.6 is 0 Å². The van der Waals surface area contributed by atoms with Crippen molar-refractivity contribution < 1.29 is 0 Å². The van der Waals surface area contributed by atoms with Crippen molar-refractivity contribution >= 4 is 32.6 Å². The van der Waals surface area contributed by atoms with Gasteiger partial charge in [-0.2, -0.15) is 0 Å². The average molecular weight is 728 g/mol. The smallest absolute Gasteiger partial charge is 0.235 e. The van der Waals surface area contributed by atoms with Crippen molar-refractivity contribution in [2.45, 2.75) is 24.7 Å². The molecule has 268 valence electrons. The zero-order chi connectivity index (χ0) is 37.9. The van der Waals surface area contributed by atoms with E-state index in [1.165, 1.54) is 71.6 Å². The minimum atomic E-state index is -0.465. The average Bonchev–Trinajstić information content (AvgIpc) is 3.84. The fourth-order valence-corrected chi connectivity index (χ4v) is 10.4. The van der Waals surface area contributed by atoms with E-state index in [-0.39, 0.29) is 5.41 Å². The SMILES string of the molecule is CC1(C)c2ccccc2-c2nc(-n3c4ccccc4c4cc5ccccc5cc43)nc(-c3ccc4c(c3)-c3ccccc3C4(c3ccccc3)c3ccccc3)c21. The van der Waals surface area contributed by atoms with Crippen LogP contribution in [0.25, 0.3) is 72.2 Å². The Bertz CT molecular complexity index is 3220. The first-order valence-corrected chi connectivity index (χ1v) is 19.8. The van der Waals surface area contributed by atoms with Crippen molar-refractivity contribution in [2.24, 2.45) is 0 Å². The van der Waals surface area contributed by atoms with Gasteiger partial charge in [0.2, 0.25) is 5.95 Å². The standard InChI is InChI=1S/C54H37N3/c1-53(2)44-26-14-12-25-41(44)51-49(53)50(55-52(56-51)57-47-28-16-13-24-40(47)43-31-34-17-9-10-18-35(34)33-48(43)57)36-29-30-46-42(32-36)39-23-11-15-27-45(39)54(46,37-19-5-3-6-20-37)38-21-7-4-8-22-38/h3-33H,1-2H3. The molecule has 10 aromatic rings. The van der Waals surface area contributed by atoms with Crippen molar-refractivity contribution in [3.63, 3.8) is 0 Å². The van der Waals surface area contributed by atoms with E-state index in [4.69, 9.17) is 9.97 Å². The van der Waals surface area contributed by atoms with Crippen molar-refractivity contribution in [1.82, 2.24) is 14.5 Å². The van der Waals surface area contributed by atoms with Crippen molar-refractivity contribution in [3.8, 4) is 39.6 Å². The number of aromatic nitrogens is 3. The summed E-state index contributed by atoms with van der Waals surface area (Å²) < 4.78 is 2.29. The Morgan fingerprint density at radius 2 is 1.00 bits per heavy atom. The second-order valence-corrected chi connectivity index (χ2v) is 16.1. The second kappa shape index (κ2) is 11.7. The van der Waals surface area contributed by atoms with Crippen LogP contribution in [0.4, 0.5) is 0 Å². The minimum absolute atomic E-state index is 0.314.